The summed E-state index contributed by atoms with van der Waals surface area (Å²) in [5.41, 5.74) is 11.3. The van der Waals surface area contributed by atoms with E-state index < -0.39 is 0 Å². The van der Waals surface area contributed by atoms with E-state index in [4.69, 9.17) is 10.5 Å². The zero-order chi connectivity index (χ0) is 18.3. The molecular weight excluding hydrogens is 391 g/mol. The van der Waals surface area contributed by atoms with Crippen molar-refractivity contribution >= 4 is 46.3 Å². The Bertz CT molecular complexity index is 1010. The van der Waals surface area contributed by atoms with Gasteiger partial charge in [0.25, 0.3) is 0 Å². The van der Waals surface area contributed by atoms with Crippen molar-refractivity contribution in [3.05, 3.63) is 76.3 Å². The Hall–Kier alpha value is -2.57. The number of carbonyl (C=O) groups excluding carboxylic acids is 1. The number of halogens is 1. The topological polar surface area (TPSA) is 55.6 Å². The van der Waals surface area contributed by atoms with Crippen molar-refractivity contribution in [2.24, 2.45) is 0 Å². The van der Waals surface area contributed by atoms with Gasteiger partial charge in [0.2, 0.25) is 0 Å². The second kappa shape index (κ2) is 6.63. The molecule has 0 unspecified atom stereocenters. The molecule has 4 nitrogen and oxygen atoms in total. The molecule has 6 heteroatoms. The molecule has 0 aliphatic heterocycles. The van der Waals surface area contributed by atoms with Gasteiger partial charge in [0.05, 0.1) is 11.4 Å². The molecule has 0 aromatic heterocycles. The Morgan fingerprint density at radius 3 is 2.19 bits per heavy atom. The minimum absolute atomic E-state index is 0.0240. The number of nitrogens with two attached hydrogens (primary N) is 1. The third-order valence-electron chi connectivity index (χ3n) is 4.34. The number of anilines is 3. The summed E-state index contributed by atoms with van der Waals surface area (Å²) in [6, 6.07) is 18.9. The van der Waals surface area contributed by atoms with Crippen LogP contribution >= 0.6 is 15.9 Å². The fourth-order valence-corrected chi connectivity index (χ4v) is 3.51. The first-order valence-corrected chi connectivity index (χ1v) is 8.97. The molecule has 3 aromatic carbocycles. The fraction of sp³-hybridized carbons (Fsp3) is 0.0500. The summed E-state index contributed by atoms with van der Waals surface area (Å²) in [5, 5.41) is 1.67. The molecule has 3 aromatic rings. The molecule has 0 saturated heterocycles. The Kier molecular flexibility index (Phi) is 4.30. The second-order valence-electron chi connectivity index (χ2n) is 5.98. The molecular formula is C20H15BBrN2O2. The average Bonchev–Trinajstić information content (AvgIpc) is 2.92. The van der Waals surface area contributed by atoms with Crippen LogP contribution in [0, 0.1) is 0 Å². The lowest BCUT2D eigenvalue weighted by Crippen LogP contribution is -2.19. The summed E-state index contributed by atoms with van der Waals surface area (Å²) in [5.74, 6) is 0.0240. The van der Waals surface area contributed by atoms with Crippen molar-refractivity contribution < 1.29 is 9.55 Å². The van der Waals surface area contributed by atoms with E-state index in [1.54, 1.807) is 19.4 Å². The highest BCUT2D eigenvalue weighted by Gasteiger charge is 2.27. The summed E-state index contributed by atoms with van der Waals surface area (Å²) in [4.78, 5) is 12.8. The van der Waals surface area contributed by atoms with Gasteiger partial charge < -0.3 is 10.5 Å². The predicted molar refractivity (Wildman–Crippen MR) is 109 cm³/mol. The van der Waals surface area contributed by atoms with Crippen LogP contribution in [0.1, 0.15) is 15.9 Å². The van der Waals surface area contributed by atoms with E-state index in [9.17, 15) is 4.79 Å². The number of nitrogen functional groups attached to an aromatic ring is 1. The quantitative estimate of drug-likeness (QED) is 0.295. The molecule has 1 aliphatic carbocycles. The van der Waals surface area contributed by atoms with Gasteiger partial charge in [0.1, 0.15) is 0 Å². The van der Waals surface area contributed by atoms with E-state index in [1.807, 2.05) is 60.7 Å². The van der Waals surface area contributed by atoms with E-state index >= 15 is 0 Å². The Morgan fingerprint density at radius 1 is 0.885 bits per heavy atom. The van der Waals surface area contributed by atoms with E-state index in [0.717, 1.165) is 27.0 Å². The number of hydrogen-bond donors (Lipinski definition) is 1. The molecule has 0 heterocycles. The van der Waals surface area contributed by atoms with E-state index in [0.29, 0.717) is 16.8 Å². The number of nitrogens with zero attached hydrogens (tertiary/aromatic N) is 1. The maximum absolute atomic E-state index is 12.8. The maximum Gasteiger partial charge on any atom is 0.331 e. The molecule has 0 spiro atoms. The van der Waals surface area contributed by atoms with Crippen molar-refractivity contribution in [3.8, 4) is 11.1 Å². The van der Waals surface area contributed by atoms with E-state index in [-0.39, 0.29) is 5.78 Å². The van der Waals surface area contributed by atoms with Gasteiger partial charge in [-0.1, -0.05) is 34.9 Å². The molecule has 1 radical (unpaired) electrons. The van der Waals surface area contributed by atoms with Crippen molar-refractivity contribution in [1.29, 1.82) is 0 Å². The van der Waals surface area contributed by atoms with Crippen LogP contribution in [-0.4, -0.2) is 13.3 Å². The first-order valence-electron chi connectivity index (χ1n) is 8.17. The lowest BCUT2D eigenvalue weighted by atomic mass is 10.1. The summed E-state index contributed by atoms with van der Waals surface area (Å²) >= 11 is 3.44. The summed E-state index contributed by atoms with van der Waals surface area (Å²) in [6.45, 7) is 1.80. The molecule has 0 bridgehead atoms. The van der Waals surface area contributed by atoms with Crippen LogP contribution in [0.5, 0.6) is 0 Å². The first-order chi connectivity index (χ1) is 12.6. The molecule has 4 rings (SSSR count). The lowest BCUT2D eigenvalue weighted by Gasteiger charge is -2.24. The number of fused-ring (bicyclic) bond motifs is 3. The van der Waals surface area contributed by atoms with E-state index in [1.165, 1.54) is 0 Å². The highest BCUT2D eigenvalue weighted by atomic mass is 79.9. The number of ketones is 1. The molecule has 0 amide bonds. The molecule has 2 N–H and O–H groups in total. The van der Waals surface area contributed by atoms with Crippen LogP contribution in [0.2, 0.25) is 6.82 Å². The van der Waals surface area contributed by atoms with E-state index in [2.05, 4.69) is 15.9 Å². The summed E-state index contributed by atoms with van der Waals surface area (Å²) in [6.07, 6.45) is 0. The summed E-state index contributed by atoms with van der Waals surface area (Å²) < 4.78 is 6.59. The zero-order valence-electron chi connectivity index (χ0n) is 14.1. The molecule has 1 aliphatic rings. The van der Waals surface area contributed by atoms with Crippen molar-refractivity contribution in [1.82, 2.24) is 0 Å². The molecule has 0 atom stereocenters. The van der Waals surface area contributed by atoms with Crippen LogP contribution in [0.15, 0.2) is 65.1 Å². The van der Waals surface area contributed by atoms with Crippen LogP contribution in [0.3, 0.4) is 0 Å². The number of rotatable bonds is 4. The highest BCUT2D eigenvalue weighted by molar-refractivity contribution is 9.10. The smallest absolute Gasteiger partial charge is 0.331 e. The minimum Gasteiger partial charge on any atom is -0.399 e. The van der Waals surface area contributed by atoms with Gasteiger partial charge in [-0.2, -0.15) is 0 Å². The predicted octanol–water partition coefficient (Wildman–Crippen LogP) is 4.98. The third kappa shape index (κ3) is 2.81. The fourth-order valence-electron chi connectivity index (χ4n) is 3.15. The van der Waals surface area contributed by atoms with Gasteiger partial charge >= 0.3 is 7.48 Å². The molecule has 0 fully saturated rings. The van der Waals surface area contributed by atoms with Crippen LogP contribution in [-0.2, 0) is 4.76 Å². The van der Waals surface area contributed by atoms with Crippen LogP contribution in [0.25, 0.3) is 11.1 Å². The van der Waals surface area contributed by atoms with Gasteiger partial charge in [0, 0.05) is 21.3 Å². The monoisotopic (exact) mass is 405 g/mol. The van der Waals surface area contributed by atoms with Gasteiger partial charge in [-0.05, 0) is 59.7 Å². The van der Waals surface area contributed by atoms with Gasteiger partial charge in [-0.15, -0.1) is 0 Å². The first kappa shape index (κ1) is 16.9. The van der Waals surface area contributed by atoms with Gasteiger partial charge in [-0.25, -0.2) is 5.06 Å². The number of carbonyl (C=O) groups is 1. The maximum atomic E-state index is 12.8. The van der Waals surface area contributed by atoms with Gasteiger partial charge in [-0.3, -0.25) is 4.79 Å². The summed E-state index contributed by atoms with van der Waals surface area (Å²) in [7, 11) is 1.59. The Balaban J connectivity index is 1.78. The molecule has 0 saturated carbocycles. The standard InChI is InChI=1S/C20H15BBrN2O2/c1-21-26-24(14-5-3-13(23)4-6-14)15-7-9-17-16-8-2-12(22)10-18(16)20(25)19(17)11-15/h2-11H,23H2,1H3. The second-order valence-corrected chi connectivity index (χ2v) is 6.89. The average molecular weight is 406 g/mol. The number of benzene rings is 3. The van der Waals surface area contributed by atoms with Crippen LogP contribution < -0.4 is 10.8 Å². The SMILES string of the molecule is C[B]ON(c1ccc(N)cc1)c1ccc2c(c1)C(=O)c1cc(Br)ccc1-2. The minimum atomic E-state index is 0.0240. The zero-order valence-corrected chi connectivity index (χ0v) is 15.7. The molecule has 127 valence electrons. The van der Waals surface area contributed by atoms with Gasteiger partial charge in [0.15, 0.2) is 5.78 Å². The third-order valence-corrected chi connectivity index (χ3v) is 4.83. The highest BCUT2D eigenvalue weighted by Crippen LogP contribution is 2.40. The molecule has 26 heavy (non-hydrogen) atoms. The van der Waals surface area contributed by atoms with Crippen LogP contribution in [0.4, 0.5) is 17.1 Å². The Morgan fingerprint density at radius 2 is 1.50 bits per heavy atom. The van der Waals surface area contributed by atoms with Crippen molar-refractivity contribution in [3.63, 3.8) is 0 Å². The normalized spacial score (nSPS) is 11.8. The van der Waals surface area contributed by atoms with Crippen molar-refractivity contribution in [2.45, 2.75) is 6.82 Å². The lowest BCUT2D eigenvalue weighted by molar-refractivity contribution is 0.104. The number of hydrogen-bond acceptors (Lipinski definition) is 4. The van der Waals surface area contributed by atoms with Crippen molar-refractivity contribution in [2.75, 3.05) is 10.8 Å². The largest absolute Gasteiger partial charge is 0.399 e. The Labute approximate surface area is 160 Å².